The summed E-state index contributed by atoms with van der Waals surface area (Å²) in [5, 5.41) is 0. The molecule has 0 aromatic heterocycles. The van der Waals surface area contributed by atoms with E-state index in [9.17, 15) is 13.0 Å². The molecule has 0 aliphatic heterocycles. The maximum atomic E-state index is 10.4. The number of aryl methyl sites for hydroxylation is 4. The van der Waals surface area contributed by atoms with Crippen LogP contribution in [-0.4, -0.2) is 26.5 Å². The van der Waals surface area contributed by atoms with E-state index in [0.29, 0.717) is 0 Å². The van der Waals surface area contributed by atoms with Gasteiger partial charge in [0.15, 0.2) is 0 Å². The van der Waals surface area contributed by atoms with Gasteiger partial charge in [-0.1, -0.05) is 17.7 Å². The van der Waals surface area contributed by atoms with Crippen LogP contribution in [0.1, 0.15) is 22.3 Å². The van der Waals surface area contributed by atoms with E-state index in [-0.39, 0.29) is 4.90 Å². The molecule has 0 bridgehead atoms. The van der Waals surface area contributed by atoms with E-state index < -0.39 is 23.7 Å². The Hall–Kier alpha value is -2.65. The quantitative estimate of drug-likeness (QED) is 0.284. The van der Waals surface area contributed by atoms with Gasteiger partial charge in [0, 0.05) is 0 Å². The third-order valence-electron chi connectivity index (χ3n) is 6.10. The van der Waals surface area contributed by atoms with Crippen molar-refractivity contribution in [3.05, 3.63) is 119 Å². The molecule has 0 N–H and O–H groups in total. The molecule has 0 spiro atoms. The molecule has 176 valence electrons. The first-order valence-electron chi connectivity index (χ1n) is 11.1. The van der Waals surface area contributed by atoms with Gasteiger partial charge < -0.3 is 4.55 Å². The standard InChI is InChI=1S/C22H24As.C7H8O3S/c1-17-11-5-8-14-20(17)23(4,21-15-9-6-12-18(21)2)22-16-10-7-13-19(22)3;1-6-2-4-7(5-3-6)11(8,9)10/h5-16H,1-4H3;2-5H,1H3,(H,8,9,10)/q+1;/p-1. The van der Waals surface area contributed by atoms with Gasteiger partial charge >= 0.3 is 143 Å². The van der Waals surface area contributed by atoms with Gasteiger partial charge in [-0.15, -0.1) is 0 Å². The van der Waals surface area contributed by atoms with Crippen molar-refractivity contribution < 1.29 is 13.0 Å². The second-order valence-corrected chi connectivity index (χ2v) is 17.3. The molecule has 0 heterocycles. The minimum absolute atomic E-state index is 0.178. The third-order valence-corrected chi connectivity index (χ3v) is 16.2. The van der Waals surface area contributed by atoms with Gasteiger partial charge in [0.05, 0.1) is 4.90 Å². The summed E-state index contributed by atoms with van der Waals surface area (Å²) >= 11 is -2.45. The normalized spacial score (nSPS) is 11.5. The molecule has 0 radical (unpaired) electrons. The zero-order valence-electron chi connectivity index (χ0n) is 20.3. The molecule has 0 unspecified atom stereocenters. The first-order chi connectivity index (χ1) is 16.0. The summed E-state index contributed by atoms with van der Waals surface area (Å²) in [4.78, 5) is -0.178. The summed E-state index contributed by atoms with van der Waals surface area (Å²) in [7, 11) is -4.27. The summed E-state index contributed by atoms with van der Waals surface area (Å²) in [6, 6.07) is 32.6. The fraction of sp³-hybridized carbons (Fsp3) is 0.172. The number of rotatable bonds is 4. The van der Waals surface area contributed by atoms with Crippen LogP contribution in [0.2, 0.25) is 5.71 Å². The summed E-state index contributed by atoms with van der Waals surface area (Å²) in [6.07, 6.45) is 0. The van der Waals surface area contributed by atoms with Gasteiger partial charge in [0.1, 0.15) is 10.1 Å². The Morgan fingerprint density at radius 1 is 0.559 bits per heavy atom. The van der Waals surface area contributed by atoms with E-state index >= 15 is 0 Å². The second kappa shape index (κ2) is 10.7. The van der Waals surface area contributed by atoms with Crippen LogP contribution in [0, 0.1) is 27.7 Å². The van der Waals surface area contributed by atoms with Crippen LogP contribution in [0.15, 0.2) is 102 Å². The number of hydrogen-bond donors (Lipinski definition) is 0. The van der Waals surface area contributed by atoms with Gasteiger partial charge in [0.25, 0.3) is 0 Å². The van der Waals surface area contributed by atoms with Gasteiger partial charge in [0.2, 0.25) is 0 Å². The zero-order valence-corrected chi connectivity index (χ0v) is 23.0. The Morgan fingerprint density at radius 2 is 0.882 bits per heavy atom. The van der Waals surface area contributed by atoms with Crippen molar-refractivity contribution in [2.24, 2.45) is 0 Å². The topological polar surface area (TPSA) is 57.2 Å². The summed E-state index contributed by atoms with van der Waals surface area (Å²) in [5.74, 6) is 0. The average Bonchev–Trinajstić information content (AvgIpc) is 2.80. The molecule has 0 saturated heterocycles. The zero-order chi connectivity index (χ0) is 24.9. The number of benzene rings is 4. The van der Waals surface area contributed by atoms with E-state index in [1.807, 2.05) is 6.92 Å². The Bertz CT molecular complexity index is 1270. The monoisotopic (exact) mass is 534 g/mol. The van der Waals surface area contributed by atoms with Crippen LogP contribution in [-0.2, 0) is 10.1 Å². The van der Waals surface area contributed by atoms with Crippen LogP contribution in [0.3, 0.4) is 0 Å². The molecule has 0 aliphatic rings. The molecule has 3 nitrogen and oxygen atoms in total. The second-order valence-electron chi connectivity index (χ2n) is 8.63. The van der Waals surface area contributed by atoms with Crippen molar-refractivity contribution in [1.29, 1.82) is 0 Å². The van der Waals surface area contributed by atoms with E-state index in [0.717, 1.165) is 5.56 Å². The van der Waals surface area contributed by atoms with Crippen molar-refractivity contribution >= 4 is 36.7 Å². The van der Waals surface area contributed by atoms with Crippen molar-refractivity contribution in [3.63, 3.8) is 0 Å². The van der Waals surface area contributed by atoms with Crippen LogP contribution >= 0.6 is 0 Å². The molecular weight excluding hydrogens is 503 g/mol. The molecule has 5 heteroatoms. The molecule has 4 rings (SSSR count). The first kappa shape index (κ1) is 26.0. The molecule has 34 heavy (non-hydrogen) atoms. The average molecular weight is 535 g/mol. The van der Waals surface area contributed by atoms with Crippen LogP contribution < -0.4 is 13.1 Å². The predicted octanol–water partition coefficient (Wildman–Crippen LogP) is 4.61. The Balaban J connectivity index is 0.000000248. The van der Waals surface area contributed by atoms with Crippen molar-refractivity contribution in [1.82, 2.24) is 0 Å². The van der Waals surface area contributed by atoms with E-state index in [2.05, 4.69) is 99.3 Å². The molecule has 0 saturated carbocycles. The molecule has 0 fully saturated rings. The van der Waals surface area contributed by atoms with Crippen LogP contribution in [0.25, 0.3) is 0 Å². The Labute approximate surface area is 206 Å². The molecule has 0 aliphatic carbocycles. The third kappa shape index (κ3) is 5.70. The maximum absolute atomic E-state index is 10.4. The van der Waals surface area contributed by atoms with Crippen molar-refractivity contribution in [3.8, 4) is 0 Å². The number of hydrogen-bond acceptors (Lipinski definition) is 3. The Morgan fingerprint density at radius 3 is 1.18 bits per heavy atom. The van der Waals surface area contributed by atoms with E-state index in [1.165, 1.54) is 28.8 Å². The molecule has 4 aromatic rings. The van der Waals surface area contributed by atoms with Gasteiger partial charge in [-0.3, -0.25) is 0 Å². The van der Waals surface area contributed by atoms with Crippen LogP contribution in [0.5, 0.6) is 0 Å². The SMILES string of the molecule is Cc1ccc(S(=O)(=O)[O-])cc1.Cc1ccccc1[As+](C)(c1ccccc1C)c1ccccc1C. The molecule has 4 aromatic carbocycles. The summed E-state index contributed by atoms with van der Waals surface area (Å²) < 4.78 is 35.8. The molecular formula is C29H31AsO3S. The van der Waals surface area contributed by atoms with Crippen molar-refractivity contribution in [2.75, 3.05) is 0 Å². The fourth-order valence-corrected chi connectivity index (χ4v) is 13.7. The van der Waals surface area contributed by atoms with Crippen molar-refractivity contribution in [2.45, 2.75) is 38.3 Å². The summed E-state index contributed by atoms with van der Waals surface area (Å²) in [5.41, 5.74) is 7.69. The molecule has 0 atom stereocenters. The van der Waals surface area contributed by atoms with Crippen LogP contribution in [0.4, 0.5) is 0 Å². The predicted molar refractivity (Wildman–Crippen MR) is 143 cm³/mol. The van der Waals surface area contributed by atoms with Gasteiger partial charge in [-0.2, -0.15) is 0 Å². The van der Waals surface area contributed by atoms with Gasteiger partial charge in [-0.05, 0) is 19.1 Å². The van der Waals surface area contributed by atoms with E-state index in [4.69, 9.17) is 0 Å². The van der Waals surface area contributed by atoms with Gasteiger partial charge in [-0.25, -0.2) is 8.42 Å². The minimum atomic E-state index is -4.27. The summed E-state index contributed by atoms with van der Waals surface area (Å²) in [6.45, 7) is 8.59. The fourth-order valence-electron chi connectivity index (χ4n) is 4.29. The first-order valence-corrected chi connectivity index (χ1v) is 17.2. The van der Waals surface area contributed by atoms with E-state index in [1.54, 1.807) is 25.2 Å². The molecule has 0 amide bonds. The Kier molecular flexibility index (Phi) is 8.20.